The molecule has 0 radical (unpaired) electrons. The van der Waals surface area contributed by atoms with Gasteiger partial charge in [0.2, 0.25) is 11.8 Å². The minimum absolute atomic E-state index is 0.0971. The van der Waals surface area contributed by atoms with Crippen LogP contribution in [-0.4, -0.2) is 70.4 Å². The summed E-state index contributed by atoms with van der Waals surface area (Å²) in [6.07, 6.45) is 0. The SMILES string of the molecule is O=C(CN1C(=O)CSC=C1c1ccccc1)N(CCO)CCO. The molecule has 2 amide bonds. The zero-order chi connectivity index (χ0) is 16.7. The summed E-state index contributed by atoms with van der Waals surface area (Å²) in [6, 6.07) is 9.43. The summed E-state index contributed by atoms with van der Waals surface area (Å²) >= 11 is 1.41. The van der Waals surface area contributed by atoms with Crippen LogP contribution in [0.4, 0.5) is 0 Å². The van der Waals surface area contributed by atoms with Crippen LogP contribution < -0.4 is 0 Å². The topological polar surface area (TPSA) is 81.1 Å². The summed E-state index contributed by atoms with van der Waals surface area (Å²) in [5, 5.41) is 19.9. The molecule has 0 bridgehead atoms. The number of aliphatic hydroxyl groups excluding tert-OH is 2. The number of thioether (sulfide) groups is 1. The van der Waals surface area contributed by atoms with E-state index in [2.05, 4.69) is 0 Å². The van der Waals surface area contributed by atoms with Gasteiger partial charge in [-0.3, -0.25) is 9.59 Å². The van der Waals surface area contributed by atoms with Crippen LogP contribution in [0.3, 0.4) is 0 Å². The van der Waals surface area contributed by atoms with Gasteiger partial charge in [0.25, 0.3) is 0 Å². The number of amides is 2. The third-order valence-electron chi connectivity index (χ3n) is 3.45. The molecule has 0 unspecified atom stereocenters. The number of nitrogens with zero attached hydrogens (tertiary/aromatic N) is 2. The molecular formula is C16H20N2O4S. The van der Waals surface area contributed by atoms with E-state index in [-0.39, 0.29) is 44.7 Å². The number of benzene rings is 1. The Morgan fingerprint density at radius 1 is 1.17 bits per heavy atom. The van der Waals surface area contributed by atoms with Gasteiger partial charge in [0.15, 0.2) is 0 Å². The van der Waals surface area contributed by atoms with E-state index in [1.54, 1.807) is 0 Å². The Kier molecular flexibility index (Phi) is 6.64. The van der Waals surface area contributed by atoms with E-state index in [1.807, 2.05) is 35.7 Å². The van der Waals surface area contributed by atoms with Crippen molar-refractivity contribution in [1.82, 2.24) is 9.80 Å². The van der Waals surface area contributed by atoms with Crippen molar-refractivity contribution in [3.8, 4) is 0 Å². The van der Waals surface area contributed by atoms with Gasteiger partial charge in [-0.1, -0.05) is 30.3 Å². The summed E-state index contributed by atoms with van der Waals surface area (Å²) in [6.45, 7) is -0.185. The van der Waals surface area contributed by atoms with Crippen molar-refractivity contribution in [2.45, 2.75) is 0 Å². The first-order chi connectivity index (χ1) is 11.2. The number of rotatable bonds is 7. The van der Waals surface area contributed by atoms with Crippen LogP contribution in [0.15, 0.2) is 35.7 Å². The molecule has 2 rings (SSSR count). The first-order valence-electron chi connectivity index (χ1n) is 7.34. The van der Waals surface area contributed by atoms with Crippen molar-refractivity contribution < 1.29 is 19.8 Å². The van der Waals surface area contributed by atoms with E-state index in [1.165, 1.54) is 21.6 Å². The fourth-order valence-electron chi connectivity index (χ4n) is 2.31. The fourth-order valence-corrected chi connectivity index (χ4v) is 3.11. The van der Waals surface area contributed by atoms with Crippen LogP contribution in [0.5, 0.6) is 0 Å². The average Bonchev–Trinajstić information content (AvgIpc) is 2.57. The summed E-state index contributed by atoms with van der Waals surface area (Å²) in [7, 11) is 0. The third-order valence-corrected chi connectivity index (χ3v) is 4.25. The molecule has 6 nitrogen and oxygen atoms in total. The molecule has 0 saturated carbocycles. The van der Waals surface area contributed by atoms with Crippen LogP contribution in [0, 0.1) is 0 Å². The maximum absolute atomic E-state index is 12.4. The normalized spacial score (nSPS) is 14.6. The maximum atomic E-state index is 12.4. The van der Waals surface area contributed by atoms with E-state index in [4.69, 9.17) is 10.2 Å². The second-order valence-electron chi connectivity index (χ2n) is 4.99. The number of carbonyl (C=O) groups excluding carboxylic acids is 2. The molecule has 2 N–H and O–H groups in total. The highest BCUT2D eigenvalue weighted by molar-refractivity contribution is 8.03. The lowest BCUT2D eigenvalue weighted by Crippen LogP contribution is -2.45. The first-order valence-corrected chi connectivity index (χ1v) is 8.39. The monoisotopic (exact) mass is 336 g/mol. The molecule has 1 aliphatic rings. The minimum Gasteiger partial charge on any atom is -0.395 e. The Morgan fingerprint density at radius 3 is 2.43 bits per heavy atom. The second-order valence-corrected chi connectivity index (χ2v) is 5.85. The highest BCUT2D eigenvalue weighted by atomic mass is 32.2. The lowest BCUT2D eigenvalue weighted by atomic mass is 10.1. The number of hydrogen-bond acceptors (Lipinski definition) is 5. The molecule has 7 heteroatoms. The molecule has 1 heterocycles. The molecule has 124 valence electrons. The molecule has 0 aliphatic carbocycles. The zero-order valence-corrected chi connectivity index (χ0v) is 13.5. The number of aliphatic hydroxyl groups is 2. The minimum atomic E-state index is -0.296. The van der Waals surface area contributed by atoms with Crippen LogP contribution in [0.2, 0.25) is 0 Å². The van der Waals surface area contributed by atoms with E-state index < -0.39 is 0 Å². The fraction of sp³-hybridized carbons (Fsp3) is 0.375. The van der Waals surface area contributed by atoms with Gasteiger partial charge in [-0.15, -0.1) is 11.8 Å². The van der Waals surface area contributed by atoms with Crippen molar-refractivity contribution in [2.24, 2.45) is 0 Å². The second kappa shape index (κ2) is 8.71. The quantitative estimate of drug-likeness (QED) is 0.752. The van der Waals surface area contributed by atoms with Gasteiger partial charge in [-0.25, -0.2) is 0 Å². The van der Waals surface area contributed by atoms with Gasteiger partial charge in [-0.05, 0) is 11.0 Å². The Balaban J connectivity index is 2.17. The smallest absolute Gasteiger partial charge is 0.242 e. The lowest BCUT2D eigenvalue weighted by molar-refractivity contribution is -0.137. The number of hydrogen-bond donors (Lipinski definition) is 2. The van der Waals surface area contributed by atoms with Crippen molar-refractivity contribution in [1.29, 1.82) is 0 Å². The summed E-state index contributed by atoms with van der Waals surface area (Å²) in [5.41, 5.74) is 1.57. The van der Waals surface area contributed by atoms with Crippen LogP contribution >= 0.6 is 11.8 Å². The van der Waals surface area contributed by atoms with Gasteiger partial charge in [0.05, 0.1) is 24.7 Å². The molecule has 0 fully saturated rings. The van der Waals surface area contributed by atoms with Gasteiger partial charge < -0.3 is 20.0 Å². The highest BCUT2D eigenvalue weighted by Gasteiger charge is 2.27. The molecule has 1 aromatic carbocycles. The molecular weight excluding hydrogens is 316 g/mol. The number of carbonyl (C=O) groups is 2. The van der Waals surface area contributed by atoms with Crippen molar-refractivity contribution in [2.75, 3.05) is 38.6 Å². The molecule has 0 spiro atoms. The maximum Gasteiger partial charge on any atom is 0.242 e. The van der Waals surface area contributed by atoms with Crippen molar-refractivity contribution in [3.05, 3.63) is 41.3 Å². The van der Waals surface area contributed by atoms with E-state index >= 15 is 0 Å². The van der Waals surface area contributed by atoms with Crippen LogP contribution in [0.1, 0.15) is 5.56 Å². The molecule has 0 atom stereocenters. The molecule has 0 saturated heterocycles. The molecule has 1 aliphatic heterocycles. The standard InChI is InChI=1S/C16H20N2O4S/c19-8-6-17(7-9-20)15(21)10-18-14(11-23-12-16(18)22)13-4-2-1-3-5-13/h1-5,11,19-20H,6-10,12H2. The third kappa shape index (κ3) is 4.57. The van der Waals surface area contributed by atoms with E-state index in [0.717, 1.165) is 5.56 Å². The largest absolute Gasteiger partial charge is 0.395 e. The van der Waals surface area contributed by atoms with Crippen molar-refractivity contribution in [3.63, 3.8) is 0 Å². The predicted octanol–water partition coefficient (Wildman–Crippen LogP) is 0.374. The Hall–Kier alpha value is -1.83. The van der Waals surface area contributed by atoms with Gasteiger partial charge in [-0.2, -0.15) is 0 Å². The van der Waals surface area contributed by atoms with Gasteiger partial charge >= 0.3 is 0 Å². The Bertz CT molecular complexity index is 571. The molecule has 23 heavy (non-hydrogen) atoms. The molecule has 0 aromatic heterocycles. The van der Waals surface area contributed by atoms with Crippen molar-refractivity contribution >= 4 is 29.3 Å². The van der Waals surface area contributed by atoms with E-state index in [0.29, 0.717) is 11.4 Å². The lowest BCUT2D eigenvalue weighted by Gasteiger charge is -2.30. The van der Waals surface area contributed by atoms with Crippen LogP contribution in [-0.2, 0) is 9.59 Å². The van der Waals surface area contributed by atoms with Gasteiger partial charge in [0, 0.05) is 13.1 Å². The molecule has 1 aromatic rings. The van der Waals surface area contributed by atoms with Crippen LogP contribution in [0.25, 0.3) is 5.70 Å². The summed E-state index contributed by atoms with van der Waals surface area (Å²) < 4.78 is 0. The predicted molar refractivity (Wildman–Crippen MR) is 89.3 cm³/mol. The van der Waals surface area contributed by atoms with E-state index in [9.17, 15) is 9.59 Å². The van der Waals surface area contributed by atoms with Gasteiger partial charge in [0.1, 0.15) is 6.54 Å². The zero-order valence-electron chi connectivity index (χ0n) is 12.7. The highest BCUT2D eigenvalue weighted by Crippen LogP contribution is 2.27. The summed E-state index contributed by atoms with van der Waals surface area (Å²) in [5.74, 6) is -0.128. The Morgan fingerprint density at radius 2 is 1.83 bits per heavy atom. The first kappa shape index (κ1) is 17.5. The Labute approximate surface area is 139 Å². The summed E-state index contributed by atoms with van der Waals surface area (Å²) in [4.78, 5) is 27.5. The average molecular weight is 336 g/mol.